The number of thioether (sulfide) groups is 1. The molecule has 2 rings (SSSR count). The Kier molecular flexibility index (Phi) is 3.02. The van der Waals surface area contributed by atoms with Gasteiger partial charge in [0, 0.05) is 17.8 Å². The van der Waals surface area contributed by atoms with E-state index in [-0.39, 0.29) is 5.54 Å². The van der Waals surface area contributed by atoms with E-state index < -0.39 is 0 Å². The van der Waals surface area contributed by atoms with Crippen molar-refractivity contribution < 1.29 is 0 Å². The van der Waals surface area contributed by atoms with Crippen LogP contribution in [0.3, 0.4) is 0 Å². The number of aliphatic imine (C=N–C) groups is 1. The molecule has 0 bridgehead atoms. The molecular formula is C12H22N2S. The highest BCUT2D eigenvalue weighted by atomic mass is 32.2. The van der Waals surface area contributed by atoms with E-state index in [0.717, 1.165) is 6.54 Å². The molecule has 1 saturated carbocycles. The van der Waals surface area contributed by atoms with Crippen molar-refractivity contribution in [3.8, 4) is 0 Å². The van der Waals surface area contributed by atoms with Crippen molar-refractivity contribution in [2.45, 2.75) is 52.0 Å². The summed E-state index contributed by atoms with van der Waals surface area (Å²) in [6, 6.07) is 0. The van der Waals surface area contributed by atoms with Gasteiger partial charge in [-0.3, -0.25) is 4.99 Å². The predicted octanol–water partition coefficient (Wildman–Crippen LogP) is 3.04. The highest BCUT2D eigenvalue weighted by Crippen LogP contribution is 2.48. The maximum Gasteiger partial charge on any atom is 0.157 e. The van der Waals surface area contributed by atoms with Crippen LogP contribution in [-0.4, -0.2) is 23.0 Å². The maximum atomic E-state index is 4.74. The SMILES string of the molecule is CCC1(CN=C2NC(C)(CC)CS2)CC1. The fraction of sp³-hybridized carbons (Fsp3) is 0.917. The van der Waals surface area contributed by atoms with Gasteiger partial charge in [-0.2, -0.15) is 0 Å². The Labute approximate surface area is 97.3 Å². The highest BCUT2D eigenvalue weighted by molar-refractivity contribution is 8.14. The lowest BCUT2D eigenvalue weighted by molar-refractivity contribution is 0.463. The Bertz CT molecular complexity index is 271. The smallest absolute Gasteiger partial charge is 0.157 e. The second kappa shape index (κ2) is 4.00. The van der Waals surface area contributed by atoms with Crippen LogP contribution in [0.4, 0.5) is 0 Å². The average Bonchev–Trinajstić information content (AvgIpc) is 2.95. The molecule has 1 heterocycles. The van der Waals surface area contributed by atoms with Crippen LogP contribution in [0, 0.1) is 5.41 Å². The van der Waals surface area contributed by atoms with Gasteiger partial charge >= 0.3 is 0 Å². The molecule has 1 atom stereocenters. The van der Waals surface area contributed by atoms with Gasteiger partial charge in [-0.25, -0.2) is 0 Å². The first-order valence-corrected chi connectivity index (χ1v) is 7.05. The van der Waals surface area contributed by atoms with Crippen molar-refractivity contribution in [3.63, 3.8) is 0 Å². The van der Waals surface area contributed by atoms with Crippen molar-refractivity contribution in [1.82, 2.24) is 5.32 Å². The zero-order valence-corrected chi connectivity index (χ0v) is 10.9. The molecule has 1 aliphatic heterocycles. The molecule has 2 nitrogen and oxygen atoms in total. The normalized spacial score (nSPS) is 35.5. The summed E-state index contributed by atoms with van der Waals surface area (Å²) in [5.74, 6) is 1.17. The number of hydrogen-bond donors (Lipinski definition) is 1. The quantitative estimate of drug-likeness (QED) is 0.797. The van der Waals surface area contributed by atoms with Crippen LogP contribution in [0.25, 0.3) is 0 Å². The fourth-order valence-electron chi connectivity index (χ4n) is 1.87. The zero-order chi connectivity index (χ0) is 10.9. The summed E-state index contributed by atoms with van der Waals surface area (Å²) < 4.78 is 0. The van der Waals surface area contributed by atoms with E-state index in [2.05, 4.69) is 26.1 Å². The Morgan fingerprint density at radius 1 is 1.33 bits per heavy atom. The van der Waals surface area contributed by atoms with E-state index in [0.29, 0.717) is 5.41 Å². The lowest BCUT2D eigenvalue weighted by Gasteiger charge is -2.21. The van der Waals surface area contributed by atoms with Crippen molar-refractivity contribution in [3.05, 3.63) is 0 Å². The van der Waals surface area contributed by atoms with Crippen LogP contribution in [0.1, 0.15) is 46.5 Å². The van der Waals surface area contributed by atoms with Gasteiger partial charge in [0.15, 0.2) is 5.17 Å². The van der Waals surface area contributed by atoms with E-state index in [1.54, 1.807) is 0 Å². The van der Waals surface area contributed by atoms with Gasteiger partial charge in [-0.1, -0.05) is 25.6 Å². The average molecular weight is 226 g/mol. The van der Waals surface area contributed by atoms with Crippen molar-refractivity contribution >= 4 is 16.9 Å². The molecule has 1 N–H and O–H groups in total. The second-order valence-electron chi connectivity index (χ2n) is 5.30. The maximum absolute atomic E-state index is 4.74. The molecule has 86 valence electrons. The van der Waals surface area contributed by atoms with Gasteiger partial charge in [0.2, 0.25) is 0 Å². The number of nitrogens with zero attached hydrogens (tertiary/aromatic N) is 1. The van der Waals surface area contributed by atoms with Crippen LogP contribution in [0.2, 0.25) is 0 Å². The molecule has 1 saturated heterocycles. The minimum absolute atomic E-state index is 0.284. The third kappa shape index (κ3) is 2.49. The number of hydrogen-bond acceptors (Lipinski definition) is 2. The molecule has 1 unspecified atom stereocenters. The Morgan fingerprint density at radius 3 is 2.53 bits per heavy atom. The minimum atomic E-state index is 0.284. The van der Waals surface area contributed by atoms with Crippen LogP contribution in [-0.2, 0) is 0 Å². The molecule has 0 aromatic heterocycles. The van der Waals surface area contributed by atoms with Gasteiger partial charge < -0.3 is 5.32 Å². The van der Waals surface area contributed by atoms with Crippen LogP contribution in [0.5, 0.6) is 0 Å². The summed E-state index contributed by atoms with van der Waals surface area (Å²) in [6.45, 7) is 7.86. The molecule has 0 amide bonds. The summed E-state index contributed by atoms with van der Waals surface area (Å²) in [6.07, 6.45) is 5.24. The van der Waals surface area contributed by atoms with E-state index in [1.165, 1.54) is 36.6 Å². The van der Waals surface area contributed by atoms with Crippen molar-refractivity contribution in [2.24, 2.45) is 10.4 Å². The Morgan fingerprint density at radius 2 is 2.07 bits per heavy atom. The molecule has 0 spiro atoms. The van der Waals surface area contributed by atoms with Crippen molar-refractivity contribution in [1.29, 1.82) is 0 Å². The van der Waals surface area contributed by atoms with E-state index in [1.807, 2.05) is 11.8 Å². The van der Waals surface area contributed by atoms with Gasteiger partial charge in [-0.15, -0.1) is 0 Å². The molecule has 1 aliphatic carbocycles. The summed E-state index contributed by atoms with van der Waals surface area (Å²) in [4.78, 5) is 4.74. The fourth-order valence-corrected chi connectivity index (χ4v) is 3.08. The van der Waals surface area contributed by atoms with Gasteiger partial charge in [0.25, 0.3) is 0 Å². The number of rotatable bonds is 4. The van der Waals surface area contributed by atoms with Crippen LogP contribution < -0.4 is 5.32 Å². The van der Waals surface area contributed by atoms with Crippen LogP contribution in [0.15, 0.2) is 4.99 Å². The van der Waals surface area contributed by atoms with E-state index >= 15 is 0 Å². The molecule has 3 heteroatoms. The monoisotopic (exact) mass is 226 g/mol. The summed E-state index contributed by atoms with van der Waals surface area (Å²) >= 11 is 1.89. The summed E-state index contributed by atoms with van der Waals surface area (Å²) in [7, 11) is 0. The number of amidine groups is 1. The molecule has 0 aromatic carbocycles. The Balaban J connectivity index is 1.88. The van der Waals surface area contributed by atoms with Crippen LogP contribution >= 0.6 is 11.8 Å². The number of nitrogens with one attached hydrogen (secondary N) is 1. The second-order valence-corrected chi connectivity index (χ2v) is 6.27. The first-order valence-electron chi connectivity index (χ1n) is 6.07. The summed E-state index contributed by atoms with van der Waals surface area (Å²) in [5, 5.41) is 4.73. The van der Waals surface area contributed by atoms with E-state index in [4.69, 9.17) is 4.99 Å². The molecular weight excluding hydrogens is 204 g/mol. The predicted molar refractivity (Wildman–Crippen MR) is 68.5 cm³/mol. The lowest BCUT2D eigenvalue weighted by Crippen LogP contribution is -2.39. The van der Waals surface area contributed by atoms with E-state index in [9.17, 15) is 0 Å². The molecule has 2 fully saturated rings. The topological polar surface area (TPSA) is 24.4 Å². The summed E-state index contributed by atoms with van der Waals surface area (Å²) in [5.41, 5.74) is 0.868. The first-order chi connectivity index (χ1) is 7.11. The zero-order valence-electron chi connectivity index (χ0n) is 10.1. The lowest BCUT2D eigenvalue weighted by atomic mass is 10.0. The molecule has 0 radical (unpaired) electrons. The van der Waals surface area contributed by atoms with Gasteiger partial charge in [-0.05, 0) is 38.0 Å². The highest BCUT2D eigenvalue weighted by Gasteiger charge is 2.41. The van der Waals surface area contributed by atoms with Gasteiger partial charge in [0.1, 0.15) is 0 Å². The first kappa shape index (κ1) is 11.3. The molecule has 2 aliphatic rings. The van der Waals surface area contributed by atoms with Crippen molar-refractivity contribution in [2.75, 3.05) is 12.3 Å². The molecule has 0 aromatic rings. The third-order valence-corrected chi connectivity index (χ3v) is 5.27. The minimum Gasteiger partial charge on any atom is -0.359 e. The molecule has 15 heavy (non-hydrogen) atoms. The van der Waals surface area contributed by atoms with Gasteiger partial charge in [0.05, 0.1) is 0 Å². The Hall–Kier alpha value is -0.180. The standard InChI is InChI=1S/C12H22N2S/c1-4-11(3)9-15-10(14-11)13-8-12(5-2)6-7-12/h4-9H2,1-3H3,(H,13,14). The third-order valence-electron chi connectivity index (χ3n) is 3.98. The largest absolute Gasteiger partial charge is 0.359 e.